The molecule has 8 nitrogen and oxygen atoms in total. The maximum Gasteiger partial charge on any atom is 0.281 e. The predicted octanol–water partition coefficient (Wildman–Crippen LogP) is 4.54. The van der Waals surface area contributed by atoms with Crippen LogP contribution in [0.5, 0.6) is 11.6 Å². The van der Waals surface area contributed by atoms with E-state index in [9.17, 15) is 17.6 Å². The van der Waals surface area contributed by atoms with Crippen molar-refractivity contribution in [2.45, 2.75) is 39.1 Å². The number of hydrogen-bond donors (Lipinski definition) is 1. The van der Waals surface area contributed by atoms with Gasteiger partial charge >= 0.3 is 0 Å². The van der Waals surface area contributed by atoms with Crippen molar-refractivity contribution in [3.8, 4) is 34.7 Å². The molecule has 1 N–H and O–H groups in total. The van der Waals surface area contributed by atoms with Gasteiger partial charge < -0.3 is 9.47 Å². The van der Waals surface area contributed by atoms with E-state index in [2.05, 4.69) is 21.8 Å². The van der Waals surface area contributed by atoms with Gasteiger partial charge in [0.25, 0.3) is 15.9 Å². The van der Waals surface area contributed by atoms with Crippen molar-refractivity contribution in [2.24, 2.45) is 5.92 Å². The Morgan fingerprint density at radius 3 is 2.59 bits per heavy atom. The summed E-state index contributed by atoms with van der Waals surface area (Å²) >= 11 is 0. The Morgan fingerprint density at radius 1 is 1.11 bits per heavy atom. The molecule has 0 aliphatic rings. The molecule has 0 radical (unpaired) electrons. The van der Waals surface area contributed by atoms with Gasteiger partial charge in [-0.2, -0.15) is 8.42 Å². The van der Waals surface area contributed by atoms with Crippen LogP contribution in [0, 0.1) is 30.5 Å². The number of ether oxygens (including phenoxy) is 2. The van der Waals surface area contributed by atoms with E-state index in [1.54, 1.807) is 26.0 Å². The first-order valence-corrected chi connectivity index (χ1v) is 13.1. The second-order valence-corrected chi connectivity index (χ2v) is 10.1. The fourth-order valence-electron chi connectivity index (χ4n) is 3.16. The molecule has 0 bridgehead atoms. The van der Waals surface area contributed by atoms with Crippen LogP contribution in [-0.4, -0.2) is 37.5 Å². The molecule has 0 unspecified atom stereocenters. The standard InChI is InChI=1S/C27H28FN3O5S/c1-5-6-7-13-35-27-23(26(32)31-37(33,34)25-10-8-9-19(4)29-25)11-12-24(30-27)20-14-21(28)16-22(15-20)36-17-18(2)3/h8-12,14-16,18H,7,13,17H2,1-4H3,(H,31,32). The number of aryl methyl sites for hydroxylation is 1. The predicted molar refractivity (Wildman–Crippen MR) is 137 cm³/mol. The van der Waals surface area contributed by atoms with Crippen molar-refractivity contribution in [2.75, 3.05) is 13.2 Å². The third-order valence-electron chi connectivity index (χ3n) is 4.86. The number of carbonyl (C=O) groups excluding carboxylic acids is 1. The largest absolute Gasteiger partial charge is 0.493 e. The van der Waals surface area contributed by atoms with Crippen molar-refractivity contribution in [1.29, 1.82) is 0 Å². The van der Waals surface area contributed by atoms with Gasteiger partial charge in [-0.3, -0.25) is 4.79 Å². The minimum atomic E-state index is -4.25. The maximum atomic E-state index is 14.3. The van der Waals surface area contributed by atoms with Crippen LogP contribution in [0.25, 0.3) is 11.3 Å². The molecule has 37 heavy (non-hydrogen) atoms. The van der Waals surface area contributed by atoms with Gasteiger partial charge in [-0.15, -0.1) is 11.8 Å². The fourth-order valence-corrected chi connectivity index (χ4v) is 4.14. The van der Waals surface area contributed by atoms with Crippen LogP contribution in [0.2, 0.25) is 0 Å². The summed E-state index contributed by atoms with van der Waals surface area (Å²) in [6, 6.07) is 11.5. The number of nitrogens with zero attached hydrogens (tertiary/aromatic N) is 2. The lowest BCUT2D eigenvalue weighted by Gasteiger charge is -2.13. The van der Waals surface area contributed by atoms with Gasteiger partial charge in [0.2, 0.25) is 5.88 Å². The molecule has 0 aliphatic heterocycles. The summed E-state index contributed by atoms with van der Waals surface area (Å²) in [7, 11) is -4.25. The monoisotopic (exact) mass is 525 g/mol. The molecule has 0 saturated carbocycles. The van der Waals surface area contributed by atoms with Gasteiger partial charge in [0.15, 0.2) is 5.03 Å². The van der Waals surface area contributed by atoms with E-state index in [0.29, 0.717) is 35.7 Å². The molecule has 3 rings (SSSR count). The number of carbonyl (C=O) groups is 1. The number of amides is 1. The lowest BCUT2D eigenvalue weighted by molar-refractivity contribution is 0.0976. The van der Waals surface area contributed by atoms with Crippen molar-refractivity contribution in [3.63, 3.8) is 0 Å². The highest BCUT2D eigenvalue weighted by molar-refractivity contribution is 7.90. The van der Waals surface area contributed by atoms with E-state index in [-0.39, 0.29) is 29.0 Å². The van der Waals surface area contributed by atoms with E-state index < -0.39 is 21.7 Å². The first-order chi connectivity index (χ1) is 17.6. The minimum Gasteiger partial charge on any atom is -0.493 e. The first-order valence-electron chi connectivity index (χ1n) is 11.6. The molecular formula is C27H28FN3O5S. The number of pyridine rings is 2. The zero-order chi connectivity index (χ0) is 27.0. The highest BCUT2D eigenvalue weighted by Gasteiger charge is 2.24. The van der Waals surface area contributed by atoms with Crippen LogP contribution in [0.4, 0.5) is 4.39 Å². The van der Waals surface area contributed by atoms with Gasteiger partial charge in [-0.1, -0.05) is 19.9 Å². The average Bonchev–Trinajstić information content (AvgIpc) is 2.84. The summed E-state index contributed by atoms with van der Waals surface area (Å²) in [5.41, 5.74) is 1.08. The summed E-state index contributed by atoms with van der Waals surface area (Å²) < 4.78 is 53.1. The summed E-state index contributed by atoms with van der Waals surface area (Å²) in [4.78, 5) is 21.3. The molecule has 0 fully saturated rings. The molecule has 1 aromatic carbocycles. The average molecular weight is 526 g/mol. The Bertz CT molecular complexity index is 1450. The number of sulfonamides is 1. The number of rotatable bonds is 10. The second kappa shape index (κ2) is 12.3. The van der Waals surface area contributed by atoms with Crippen LogP contribution in [0.1, 0.15) is 43.2 Å². The molecule has 0 atom stereocenters. The molecule has 194 valence electrons. The zero-order valence-corrected chi connectivity index (χ0v) is 21.9. The molecule has 3 aromatic rings. The SMILES string of the molecule is CC#CCCOc1nc(-c2cc(F)cc(OCC(C)C)c2)ccc1C(=O)NS(=O)(=O)c1cccc(C)n1. The molecule has 2 aromatic heterocycles. The smallest absolute Gasteiger partial charge is 0.281 e. The molecule has 1 amide bonds. The summed E-state index contributed by atoms with van der Waals surface area (Å²) in [5.74, 6) is 4.60. The summed E-state index contributed by atoms with van der Waals surface area (Å²) in [6.07, 6.45) is 0.363. The Hall–Kier alpha value is -3.97. The number of hydrogen-bond acceptors (Lipinski definition) is 7. The quantitative estimate of drug-likeness (QED) is 0.306. The van der Waals surface area contributed by atoms with Crippen LogP contribution >= 0.6 is 0 Å². The summed E-state index contributed by atoms with van der Waals surface area (Å²) in [5, 5.41) is -0.292. The molecule has 0 spiro atoms. The van der Waals surface area contributed by atoms with Crippen molar-refractivity contribution >= 4 is 15.9 Å². The number of halogens is 1. The van der Waals surface area contributed by atoms with Gasteiger partial charge in [0.1, 0.15) is 23.7 Å². The Kier molecular flexibility index (Phi) is 9.20. The Labute approximate surface area is 216 Å². The van der Waals surface area contributed by atoms with Crippen LogP contribution < -0.4 is 14.2 Å². The third-order valence-corrected chi connectivity index (χ3v) is 6.10. The van der Waals surface area contributed by atoms with Gasteiger partial charge in [0, 0.05) is 23.7 Å². The molecule has 2 heterocycles. The van der Waals surface area contributed by atoms with Gasteiger partial charge in [0.05, 0.1) is 12.3 Å². The van der Waals surface area contributed by atoms with Crippen LogP contribution in [0.15, 0.2) is 53.6 Å². The molecule has 10 heteroatoms. The topological polar surface area (TPSA) is 107 Å². The van der Waals surface area contributed by atoms with E-state index in [4.69, 9.17) is 9.47 Å². The first kappa shape index (κ1) is 27.6. The second-order valence-electron chi connectivity index (χ2n) is 8.51. The highest BCUT2D eigenvalue weighted by Crippen LogP contribution is 2.28. The lowest BCUT2D eigenvalue weighted by atomic mass is 10.1. The van der Waals surface area contributed by atoms with Crippen molar-refractivity contribution < 1.29 is 27.1 Å². The van der Waals surface area contributed by atoms with Crippen molar-refractivity contribution in [1.82, 2.24) is 14.7 Å². The normalized spacial score (nSPS) is 11.0. The van der Waals surface area contributed by atoms with E-state index in [1.165, 1.54) is 36.4 Å². The van der Waals surface area contributed by atoms with E-state index in [1.807, 2.05) is 18.6 Å². The van der Waals surface area contributed by atoms with E-state index in [0.717, 1.165) is 0 Å². The van der Waals surface area contributed by atoms with Crippen LogP contribution in [0.3, 0.4) is 0 Å². The van der Waals surface area contributed by atoms with Crippen LogP contribution in [-0.2, 0) is 10.0 Å². The highest BCUT2D eigenvalue weighted by atomic mass is 32.2. The van der Waals surface area contributed by atoms with Crippen molar-refractivity contribution in [3.05, 3.63) is 65.6 Å². The fraction of sp³-hybridized carbons (Fsp3) is 0.296. The number of nitrogens with one attached hydrogen (secondary N) is 1. The van der Waals surface area contributed by atoms with E-state index >= 15 is 0 Å². The summed E-state index contributed by atoms with van der Waals surface area (Å²) in [6.45, 7) is 7.80. The van der Waals surface area contributed by atoms with Gasteiger partial charge in [-0.05, 0) is 56.2 Å². The third kappa shape index (κ3) is 7.75. The maximum absolute atomic E-state index is 14.3. The minimum absolute atomic E-state index is 0.107. The molecule has 0 saturated heterocycles. The zero-order valence-electron chi connectivity index (χ0n) is 21.0. The Morgan fingerprint density at radius 2 is 1.89 bits per heavy atom. The van der Waals surface area contributed by atoms with Gasteiger partial charge in [-0.25, -0.2) is 19.1 Å². The molecule has 0 aliphatic carbocycles. The molecular weight excluding hydrogens is 497 g/mol. The lowest BCUT2D eigenvalue weighted by Crippen LogP contribution is -2.31. The number of aromatic nitrogens is 2. The Balaban J connectivity index is 1.95. The number of benzene rings is 1.